The minimum absolute atomic E-state index is 0.154. The van der Waals surface area contributed by atoms with Gasteiger partial charge in [0.05, 0.1) is 0 Å². The molecule has 0 saturated heterocycles. The van der Waals surface area contributed by atoms with E-state index >= 15 is 0 Å². The first-order valence-electron chi connectivity index (χ1n) is 5.18. The molecule has 0 bridgehead atoms. The predicted octanol–water partition coefficient (Wildman–Crippen LogP) is 0.685. The number of aliphatic hydroxyl groups is 1. The topological polar surface area (TPSA) is 72.8 Å². The average molecular weight is 232 g/mol. The maximum absolute atomic E-state index is 11.5. The predicted molar refractivity (Wildman–Crippen MR) is 58.0 cm³/mol. The molecule has 0 fully saturated rings. The third-order valence-electron chi connectivity index (χ3n) is 1.77. The minimum atomic E-state index is -0.738. The zero-order valence-electron chi connectivity index (χ0n) is 10.3. The lowest BCUT2D eigenvalue weighted by molar-refractivity contribution is -0.157. The molecule has 0 saturated carbocycles. The molecule has 0 amide bonds. The lowest BCUT2D eigenvalue weighted by atomic mass is 10.1. The maximum atomic E-state index is 11.5. The summed E-state index contributed by atoms with van der Waals surface area (Å²) in [6.45, 7) is 5.04. The Hall–Kier alpha value is -0.940. The van der Waals surface area contributed by atoms with E-state index in [1.807, 2.05) is 0 Å². The van der Waals surface area contributed by atoms with Gasteiger partial charge in [-0.25, -0.2) is 0 Å². The van der Waals surface area contributed by atoms with E-state index in [4.69, 9.17) is 14.6 Å². The lowest BCUT2D eigenvalue weighted by Gasteiger charge is -2.20. The van der Waals surface area contributed by atoms with Crippen LogP contribution in [0.25, 0.3) is 0 Å². The van der Waals surface area contributed by atoms with Gasteiger partial charge in [0.15, 0.2) is 5.78 Å². The van der Waals surface area contributed by atoms with Crippen molar-refractivity contribution in [2.24, 2.45) is 0 Å². The molecule has 16 heavy (non-hydrogen) atoms. The zero-order valence-corrected chi connectivity index (χ0v) is 10.3. The highest BCUT2D eigenvalue weighted by atomic mass is 16.6. The van der Waals surface area contributed by atoms with Crippen LogP contribution in [0.5, 0.6) is 0 Å². The smallest absolute Gasteiger partial charge is 0.313 e. The van der Waals surface area contributed by atoms with Crippen molar-refractivity contribution < 1.29 is 24.2 Å². The van der Waals surface area contributed by atoms with Gasteiger partial charge in [0, 0.05) is 20.1 Å². The van der Waals surface area contributed by atoms with Crippen LogP contribution in [-0.2, 0) is 19.1 Å². The average Bonchev–Trinajstić information content (AvgIpc) is 2.10. The Morgan fingerprint density at radius 2 is 1.88 bits per heavy atom. The van der Waals surface area contributed by atoms with E-state index in [0.717, 1.165) is 0 Å². The number of methoxy groups -OCH3 is 1. The molecule has 0 aliphatic carbocycles. The summed E-state index contributed by atoms with van der Waals surface area (Å²) < 4.78 is 9.87. The van der Waals surface area contributed by atoms with Crippen molar-refractivity contribution in [3.8, 4) is 0 Å². The highest BCUT2D eigenvalue weighted by molar-refractivity contribution is 5.98. The van der Waals surface area contributed by atoms with E-state index in [0.29, 0.717) is 0 Å². The van der Waals surface area contributed by atoms with Crippen LogP contribution in [0, 0.1) is 0 Å². The van der Waals surface area contributed by atoms with Crippen molar-refractivity contribution in [2.45, 2.75) is 45.3 Å². The van der Waals surface area contributed by atoms with Crippen LogP contribution in [-0.4, -0.2) is 42.3 Å². The molecule has 5 nitrogen and oxygen atoms in total. The molecule has 94 valence electrons. The summed E-state index contributed by atoms with van der Waals surface area (Å²) in [6, 6.07) is 0. The van der Waals surface area contributed by atoms with Crippen LogP contribution < -0.4 is 0 Å². The zero-order chi connectivity index (χ0) is 12.8. The molecule has 0 aromatic rings. The number of hydrogen-bond donors (Lipinski definition) is 1. The molecule has 5 heteroatoms. The van der Waals surface area contributed by atoms with Crippen LogP contribution in [0.4, 0.5) is 0 Å². The van der Waals surface area contributed by atoms with Crippen molar-refractivity contribution in [3.63, 3.8) is 0 Å². The third-order valence-corrected chi connectivity index (χ3v) is 1.77. The summed E-state index contributed by atoms with van der Waals surface area (Å²) in [7, 11) is 1.37. The van der Waals surface area contributed by atoms with Crippen molar-refractivity contribution >= 4 is 11.8 Å². The monoisotopic (exact) mass is 232 g/mol. The van der Waals surface area contributed by atoms with Crippen molar-refractivity contribution in [3.05, 3.63) is 0 Å². The maximum Gasteiger partial charge on any atom is 0.313 e. The molecule has 1 N–H and O–H groups in total. The van der Waals surface area contributed by atoms with Gasteiger partial charge in [0.2, 0.25) is 0 Å². The first kappa shape index (κ1) is 15.1. The number of ketones is 1. The molecule has 0 aromatic heterocycles. The van der Waals surface area contributed by atoms with Crippen LogP contribution in [0.1, 0.15) is 33.6 Å². The molecule has 0 aromatic carbocycles. The number of esters is 1. The van der Waals surface area contributed by atoms with Gasteiger partial charge < -0.3 is 14.6 Å². The summed E-state index contributed by atoms with van der Waals surface area (Å²) in [5.74, 6) is -0.941. The normalized spacial score (nSPS) is 13.3. The molecule has 0 radical (unpaired) electrons. The van der Waals surface area contributed by atoms with Crippen LogP contribution in [0.3, 0.4) is 0 Å². The van der Waals surface area contributed by atoms with E-state index in [-0.39, 0.29) is 25.2 Å². The summed E-state index contributed by atoms with van der Waals surface area (Å²) in [4.78, 5) is 22.9. The first-order chi connectivity index (χ1) is 7.30. The second-order valence-corrected chi connectivity index (χ2v) is 4.47. The number of carbonyl (C=O) groups is 2. The van der Waals surface area contributed by atoms with Gasteiger partial charge in [-0.15, -0.1) is 0 Å². The summed E-state index contributed by atoms with van der Waals surface area (Å²) >= 11 is 0. The number of aliphatic hydroxyl groups excluding tert-OH is 1. The molecule has 0 aliphatic rings. The Morgan fingerprint density at radius 3 is 2.25 bits per heavy atom. The van der Waals surface area contributed by atoms with E-state index in [1.165, 1.54) is 7.11 Å². The van der Waals surface area contributed by atoms with Crippen LogP contribution >= 0.6 is 0 Å². The fraction of sp³-hybridized carbons (Fsp3) is 0.818. The van der Waals surface area contributed by atoms with Gasteiger partial charge in [-0.2, -0.15) is 0 Å². The lowest BCUT2D eigenvalue weighted by Crippen LogP contribution is -2.30. The number of rotatable bonds is 6. The Morgan fingerprint density at radius 1 is 1.31 bits per heavy atom. The van der Waals surface area contributed by atoms with Crippen molar-refractivity contribution in [2.75, 3.05) is 13.7 Å². The first-order valence-corrected chi connectivity index (χ1v) is 5.18. The summed E-state index contributed by atoms with van der Waals surface area (Å²) in [6.07, 6.45) is -0.869. The molecule has 1 atom stereocenters. The fourth-order valence-corrected chi connectivity index (χ4v) is 1.16. The Labute approximate surface area is 95.7 Å². The van der Waals surface area contributed by atoms with E-state index in [2.05, 4.69) is 0 Å². The minimum Gasteiger partial charge on any atom is -0.460 e. The van der Waals surface area contributed by atoms with E-state index < -0.39 is 17.7 Å². The molecular formula is C11H20O5. The van der Waals surface area contributed by atoms with Crippen molar-refractivity contribution in [1.29, 1.82) is 0 Å². The second kappa shape index (κ2) is 6.60. The van der Waals surface area contributed by atoms with Crippen molar-refractivity contribution in [1.82, 2.24) is 0 Å². The van der Waals surface area contributed by atoms with Gasteiger partial charge in [-0.1, -0.05) is 0 Å². The number of carbonyl (C=O) groups excluding carboxylic acids is 2. The Kier molecular flexibility index (Phi) is 6.21. The summed E-state index contributed by atoms with van der Waals surface area (Å²) in [5.41, 5.74) is -0.600. The van der Waals surface area contributed by atoms with Gasteiger partial charge in [0.25, 0.3) is 0 Å². The number of Topliss-reactive ketones (excluding diaryl/α,β-unsaturated/α-hetero) is 1. The standard InChI is InChI=1S/C11H20O5/c1-11(2,3)16-10(14)7-8(13)9(15-4)5-6-12/h9,12H,5-7H2,1-4H3. The van der Waals surface area contributed by atoms with Gasteiger partial charge in [-0.3, -0.25) is 9.59 Å². The molecule has 0 rings (SSSR count). The highest BCUT2D eigenvalue weighted by Crippen LogP contribution is 2.10. The van der Waals surface area contributed by atoms with Crippen LogP contribution in [0.2, 0.25) is 0 Å². The third kappa shape index (κ3) is 6.53. The second-order valence-electron chi connectivity index (χ2n) is 4.47. The molecule has 0 aliphatic heterocycles. The molecule has 0 spiro atoms. The SMILES string of the molecule is COC(CCO)C(=O)CC(=O)OC(C)(C)C. The largest absolute Gasteiger partial charge is 0.460 e. The van der Waals surface area contributed by atoms with Gasteiger partial charge >= 0.3 is 5.97 Å². The fourth-order valence-electron chi connectivity index (χ4n) is 1.16. The molecule has 0 heterocycles. The quantitative estimate of drug-likeness (QED) is 0.538. The highest BCUT2D eigenvalue weighted by Gasteiger charge is 2.23. The van der Waals surface area contributed by atoms with Gasteiger partial charge in [0.1, 0.15) is 18.1 Å². The number of hydrogen-bond acceptors (Lipinski definition) is 5. The number of ether oxygens (including phenoxy) is 2. The summed E-state index contributed by atoms with van der Waals surface area (Å²) in [5, 5.41) is 8.69. The van der Waals surface area contributed by atoms with Gasteiger partial charge in [-0.05, 0) is 20.8 Å². The molecule has 1 unspecified atom stereocenters. The van der Waals surface area contributed by atoms with E-state index in [9.17, 15) is 9.59 Å². The van der Waals surface area contributed by atoms with Crippen LogP contribution in [0.15, 0.2) is 0 Å². The Balaban J connectivity index is 4.17. The van der Waals surface area contributed by atoms with E-state index in [1.54, 1.807) is 20.8 Å². The Bertz CT molecular complexity index is 241. The molecular weight excluding hydrogens is 212 g/mol.